The Morgan fingerprint density at radius 1 is 0.903 bits per heavy atom. The minimum atomic E-state index is -0.570. The molecule has 0 aromatic carbocycles. The van der Waals surface area contributed by atoms with Crippen molar-refractivity contribution in [2.75, 3.05) is 13.1 Å². The van der Waals surface area contributed by atoms with Crippen molar-refractivity contribution in [2.24, 2.45) is 52.8 Å². The maximum absolute atomic E-state index is 13.2. The van der Waals surface area contributed by atoms with Crippen LogP contribution in [0.3, 0.4) is 0 Å². The number of piperidine rings is 2. The summed E-state index contributed by atoms with van der Waals surface area (Å²) in [5.41, 5.74) is -0.482. The predicted octanol–water partition coefficient (Wildman–Crippen LogP) is 3.89. The smallest absolute Gasteiger partial charge is 0.136 e. The molecule has 0 aromatic rings. The molecule has 0 aromatic heterocycles. The van der Waals surface area contributed by atoms with Gasteiger partial charge in [-0.3, -0.25) is 9.69 Å². The Labute approximate surface area is 188 Å². The molecule has 0 unspecified atom stereocenters. The molecular weight excluding hydrogens is 386 g/mol. The minimum Gasteiger partial charge on any atom is -0.393 e. The number of carbonyl (C=O) groups is 1. The molecule has 4 heteroatoms. The van der Waals surface area contributed by atoms with Crippen molar-refractivity contribution in [1.29, 1.82) is 0 Å². The molecule has 4 saturated carbocycles. The van der Waals surface area contributed by atoms with Crippen LogP contribution in [0.1, 0.15) is 78.6 Å². The van der Waals surface area contributed by atoms with Gasteiger partial charge in [0, 0.05) is 31.5 Å². The molecule has 6 fully saturated rings. The SMILES string of the molecule is C[C@H]1CC[C@@H]2N(C1)C[C@H]1[C@@H]3C[C@@H]4[C@@H](CC(=O)[C@H]5C[C@@H](O)CC[C@@]54C)[C@@H]3CC[C@@H]1[C@]2(C)O. The number of carbonyl (C=O) groups excluding carboxylic acids is 1. The van der Waals surface area contributed by atoms with Gasteiger partial charge in [0.25, 0.3) is 0 Å². The van der Waals surface area contributed by atoms with Gasteiger partial charge in [0.05, 0.1) is 11.7 Å². The molecule has 4 aliphatic carbocycles. The largest absolute Gasteiger partial charge is 0.393 e. The van der Waals surface area contributed by atoms with E-state index in [0.29, 0.717) is 53.8 Å². The predicted molar refractivity (Wildman–Crippen MR) is 120 cm³/mol. The number of hydrogen-bond acceptors (Lipinski definition) is 4. The van der Waals surface area contributed by atoms with Gasteiger partial charge >= 0.3 is 0 Å². The molecule has 2 aliphatic heterocycles. The molecule has 6 aliphatic rings. The normalized spacial score (nSPS) is 59.2. The number of nitrogens with zero attached hydrogens (tertiary/aromatic N) is 1. The standard InChI is InChI=1S/C27H43NO3/c1-15-4-7-25-27(3,31)21-6-5-17-18(20(21)14-28(25)13-15)11-22-19(17)12-24(30)23-10-16(29)8-9-26(22,23)2/h15-23,25,29,31H,4-14H2,1-3H3/t15-,16-,17+,18+,19-,20-,21-,22+,23+,25-,26+,27-/m0/s1. The van der Waals surface area contributed by atoms with E-state index in [1.165, 1.54) is 25.8 Å². The maximum atomic E-state index is 13.2. The van der Waals surface area contributed by atoms with E-state index >= 15 is 0 Å². The van der Waals surface area contributed by atoms with Crippen LogP contribution >= 0.6 is 0 Å². The van der Waals surface area contributed by atoms with Crippen LogP contribution in [-0.2, 0) is 4.79 Å². The third-order valence-corrected chi connectivity index (χ3v) is 11.8. The van der Waals surface area contributed by atoms with E-state index in [-0.39, 0.29) is 17.4 Å². The van der Waals surface area contributed by atoms with Crippen molar-refractivity contribution in [3.63, 3.8) is 0 Å². The second-order valence-electron chi connectivity index (χ2n) is 13.2. The van der Waals surface area contributed by atoms with Crippen LogP contribution in [0.15, 0.2) is 0 Å². The van der Waals surface area contributed by atoms with Crippen molar-refractivity contribution < 1.29 is 15.0 Å². The second kappa shape index (κ2) is 7.03. The first-order valence-corrected chi connectivity index (χ1v) is 13.4. The first-order valence-electron chi connectivity index (χ1n) is 13.4. The monoisotopic (exact) mass is 429 g/mol. The molecule has 2 saturated heterocycles. The minimum absolute atomic E-state index is 0.0789. The van der Waals surface area contributed by atoms with Crippen LogP contribution in [-0.4, -0.2) is 51.7 Å². The van der Waals surface area contributed by atoms with Crippen LogP contribution in [0.4, 0.5) is 0 Å². The van der Waals surface area contributed by atoms with Crippen LogP contribution < -0.4 is 0 Å². The Hall–Kier alpha value is -0.450. The maximum Gasteiger partial charge on any atom is 0.136 e. The van der Waals surface area contributed by atoms with Gasteiger partial charge in [0.2, 0.25) is 0 Å². The summed E-state index contributed by atoms with van der Waals surface area (Å²) in [6.07, 6.45) is 9.08. The van der Waals surface area contributed by atoms with E-state index < -0.39 is 5.60 Å². The molecule has 0 spiro atoms. The van der Waals surface area contributed by atoms with Crippen molar-refractivity contribution in [3.8, 4) is 0 Å². The Morgan fingerprint density at radius 2 is 1.71 bits per heavy atom. The van der Waals surface area contributed by atoms with Crippen molar-refractivity contribution >= 4 is 5.78 Å². The highest BCUT2D eigenvalue weighted by Gasteiger charge is 2.64. The van der Waals surface area contributed by atoms with E-state index in [0.717, 1.165) is 44.6 Å². The Kier molecular flexibility index (Phi) is 4.78. The van der Waals surface area contributed by atoms with Crippen LogP contribution in [0.2, 0.25) is 0 Å². The highest BCUT2D eigenvalue weighted by Crippen LogP contribution is 2.66. The summed E-state index contributed by atoms with van der Waals surface area (Å²) < 4.78 is 0. The summed E-state index contributed by atoms with van der Waals surface area (Å²) in [4.78, 5) is 15.9. The molecule has 6 rings (SSSR count). The zero-order chi connectivity index (χ0) is 21.7. The number of rotatable bonds is 0. The van der Waals surface area contributed by atoms with E-state index in [4.69, 9.17) is 0 Å². The van der Waals surface area contributed by atoms with E-state index in [2.05, 4.69) is 25.7 Å². The molecule has 0 bridgehead atoms. The molecule has 0 amide bonds. The lowest BCUT2D eigenvalue weighted by Crippen LogP contribution is -2.67. The number of fused-ring (bicyclic) bond motifs is 8. The van der Waals surface area contributed by atoms with Crippen molar-refractivity contribution in [2.45, 2.75) is 96.3 Å². The van der Waals surface area contributed by atoms with E-state index in [1.807, 2.05) is 0 Å². The van der Waals surface area contributed by atoms with Gasteiger partial charge in [-0.2, -0.15) is 0 Å². The van der Waals surface area contributed by atoms with Gasteiger partial charge in [-0.15, -0.1) is 0 Å². The average Bonchev–Trinajstić information content (AvgIpc) is 3.09. The molecule has 2 N–H and O–H groups in total. The number of ketones is 1. The zero-order valence-electron chi connectivity index (χ0n) is 19.8. The summed E-state index contributed by atoms with van der Waals surface area (Å²) in [6, 6.07) is 0.341. The third-order valence-electron chi connectivity index (χ3n) is 11.8. The zero-order valence-corrected chi connectivity index (χ0v) is 19.8. The highest BCUT2D eigenvalue weighted by atomic mass is 16.3. The topological polar surface area (TPSA) is 60.8 Å². The number of aliphatic hydroxyl groups is 2. The molecule has 2 heterocycles. The molecule has 0 radical (unpaired) electrons. The fourth-order valence-electron chi connectivity index (χ4n) is 10.4. The first kappa shape index (κ1) is 21.1. The highest BCUT2D eigenvalue weighted by molar-refractivity contribution is 5.83. The van der Waals surface area contributed by atoms with Crippen molar-refractivity contribution in [3.05, 3.63) is 0 Å². The lowest BCUT2D eigenvalue weighted by molar-refractivity contribution is -0.175. The lowest BCUT2D eigenvalue weighted by Gasteiger charge is -2.59. The first-order chi connectivity index (χ1) is 14.7. The average molecular weight is 430 g/mol. The molecule has 4 nitrogen and oxygen atoms in total. The van der Waals surface area contributed by atoms with Gasteiger partial charge in [-0.05, 0) is 105 Å². The van der Waals surface area contributed by atoms with Gasteiger partial charge in [0.1, 0.15) is 5.78 Å². The summed E-state index contributed by atoms with van der Waals surface area (Å²) in [6.45, 7) is 9.23. The number of hydrogen-bond donors (Lipinski definition) is 2. The van der Waals surface area contributed by atoms with Crippen LogP contribution in [0.25, 0.3) is 0 Å². The van der Waals surface area contributed by atoms with Crippen molar-refractivity contribution in [1.82, 2.24) is 4.90 Å². The lowest BCUT2D eigenvalue weighted by atomic mass is 9.51. The van der Waals surface area contributed by atoms with Crippen LogP contribution in [0.5, 0.6) is 0 Å². The Balaban J connectivity index is 1.31. The Morgan fingerprint density at radius 3 is 2.52 bits per heavy atom. The molecule has 31 heavy (non-hydrogen) atoms. The van der Waals surface area contributed by atoms with E-state index in [9.17, 15) is 15.0 Å². The third kappa shape index (κ3) is 2.93. The summed E-state index contributed by atoms with van der Waals surface area (Å²) in [5.74, 6) is 4.82. The quantitative estimate of drug-likeness (QED) is 0.613. The number of Topliss-reactive ketones (excluding diaryl/α,β-unsaturated/α-hetero) is 1. The van der Waals surface area contributed by atoms with Gasteiger partial charge in [0.15, 0.2) is 0 Å². The number of aliphatic hydroxyl groups excluding tert-OH is 1. The summed E-state index contributed by atoms with van der Waals surface area (Å²) >= 11 is 0. The van der Waals surface area contributed by atoms with Gasteiger partial charge in [-0.25, -0.2) is 0 Å². The fourth-order valence-corrected chi connectivity index (χ4v) is 10.4. The van der Waals surface area contributed by atoms with Gasteiger partial charge < -0.3 is 10.2 Å². The van der Waals surface area contributed by atoms with E-state index in [1.54, 1.807) is 0 Å². The summed E-state index contributed by atoms with van der Waals surface area (Å²) in [5, 5.41) is 22.1. The second-order valence-corrected chi connectivity index (χ2v) is 13.2. The van der Waals surface area contributed by atoms with Crippen LogP contribution in [0, 0.1) is 52.8 Å². The molecular formula is C27H43NO3. The molecule has 12 atom stereocenters. The van der Waals surface area contributed by atoms with Gasteiger partial charge in [-0.1, -0.05) is 13.8 Å². The fraction of sp³-hybridized carbons (Fsp3) is 0.963. The Bertz CT molecular complexity index is 751. The molecule has 174 valence electrons. The summed E-state index contributed by atoms with van der Waals surface area (Å²) in [7, 11) is 0.